The molecule has 0 bridgehead atoms. The number of anilines is 2. The monoisotopic (exact) mass is 353 g/mol. The Hall–Kier alpha value is -2.53. The lowest BCUT2D eigenvalue weighted by atomic mass is 10.0. The van der Waals surface area contributed by atoms with Crippen molar-refractivity contribution in [1.29, 1.82) is 0 Å². The van der Waals surface area contributed by atoms with Crippen molar-refractivity contribution in [2.45, 2.75) is 32.2 Å². The quantitative estimate of drug-likeness (QED) is 0.454. The average molecular weight is 353 g/mol. The Kier molecular flexibility index (Phi) is 5.78. The summed E-state index contributed by atoms with van der Waals surface area (Å²) in [5.41, 5.74) is 17.2. The molecule has 0 radical (unpaired) electrons. The molecule has 0 spiro atoms. The highest BCUT2D eigenvalue weighted by atomic mass is 16.5. The summed E-state index contributed by atoms with van der Waals surface area (Å²) in [4.78, 5) is 14.2. The van der Waals surface area contributed by atoms with E-state index in [-0.39, 0.29) is 12.0 Å². The number of nitrogens with two attached hydrogens (primary N) is 2. The van der Waals surface area contributed by atoms with E-state index in [1.807, 2.05) is 31.2 Å². The van der Waals surface area contributed by atoms with Crippen LogP contribution >= 0.6 is 0 Å². The third-order valence-electron chi connectivity index (χ3n) is 4.62. The van der Waals surface area contributed by atoms with Crippen LogP contribution in [0.1, 0.15) is 34.8 Å². The minimum absolute atomic E-state index is 0.129. The summed E-state index contributed by atoms with van der Waals surface area (Å²) in [7, 11) is 0. The Labute approximate surface area is 154 Å². The van der Waals surface area contributed by atoms with E-state index >= 15 is 0 Å². The fourth-order valence-corrected chi connectivity index (χ4v) is 3.52. The van der Waals surface area contributed by atoms with Gasteiger partial charge < -0.3 is 21.1 Å². The molecule has 0 saturated heterocycles. The summed E-state index contributed by atoms with van der Waals surface area (Å²) in [5, 5.41) is 0. The van der Waals surface area contributed by atoms with E-state index in [4.69, 9.17) is 16.2 Å². The Balaban J connectivity index is 1.53. The fourth-order valence-electron chi connectivity index (χ4n) is 3.52. The average Bonchev–Trinajstić information content (AvgIpc) is 3.02. The maximum absolute atomic E-state index is 12.0. The van der Waals surface area contributed by atoms with E-state index in [2.05, 4.69) is 11.0 Å². The highest BCUT2D eigenvalue weighted by Crippen LogP contribution is 2.35. The molecule has 4 N–H and O–H groups in total. The minimum Gasteiger partial charge on any atom is -0.462 e. The molecular formula is C21H27N3O2. The molecule has 0 aromatic heterocycles. The van der Waals surface area contributed by atoms with Crippen LogP contribution < -0.4 is 16.4 Å². The summed E-state index contributed by atoms with van der Waals surface area (Å²) >= 11 is 0. The lowest BCUT2D eigenvalue weighted by Gasteiger charge is -2.21. The van der Waals surface area contributed by atoms with Crippen LogP contribution in [0.2, 0.25) is 0 Å². The van der Waals surface area contributed by atoms with Crippen molar-refractivity contribution < 1.29 is 9.53 Å². The summed E-state index contributed by atoms with van der Waals surface area (Å²) < 4.78 is 5.36. The number of hydrogen-bond donors (Lipinski definition) is 2. The van der Waals surface area contributed by atoms with Gasteiger partial charge in [0.1, 0.15) is 0 Å². The molecule has 1 aliphatic heterocycles. The topological polar surface area (TPSA) is 81.6 Å². The standard InChI is InChI=1S/C21H27N3O2/c1-15(22)12-16-13-18-8-10-24(20(18)19(23)14-16)9-5-11-26-21(25)17-6-3-2-4-7-17/h2-4,6-7,13-15H,5,8-12,22-23H2,1H3/t15-/m1/s1. The number of carbonyl (C=O) groups is 1. The second-order valence-electron chi connectivity index (χ2n) is 6.97. The molecule has 3 rings (SSSR count). The summed E-state index contributed by atoms with van der Waals surface area (Å²) in [6.07, 6.45) is 2.61. The van der Waals surface area contributed by atoms with Gasteiger partial charge in [-0.15, -0.1) is 0 Å². The largest absolute Gasteiger partial charge is 0.462 e. The van der Waals surface area contributed by atoms with Crippen molar-refractivity contribution in [2.24, 2.45) is 5.73 Å². The maximum atomic E-state index is 12.0. The number of nitrogen functional groups attached to an aromatic ring is 1. The summed E-state index contributed by atoms with van der Waals surface area (Å²) in [6, 6.07) is 13.5. The molecule has 0 amide bonds. The predicted octanol–water partition coefficient (Wildman–Crippen LogP) is 2.77. The molecule has 0 unspecified atom stereocenters. The van der Waals surface area contributed by atoms with Crippen LogP contribution in [0.3, 0.4) is 0 Å². The Morgan fingerprint density at radius 1 is 1.27 bits per heavy atom. The number of hydrogen-bond acceptors (Lipinski definition) is 5. The van der Waals surface area contributed by atoms with Gasteiger partial charge in [-0.2, -0.15) is 0 Å². The molecule has 138 valence electrons. The number of rotatable bonds is 7. The SMILES string of the molecule is C[C@@H](N)Cc1cc(N)c2c(c1)CCN2CCCOC(=O)c1ccccc1. The third-order valence-corrected chi connectivity index (χ3v) is 4.62. The van der Waals surface area contributed by atoms with Crippen molar-refractivity contribution in [3.8, 4) is 0 Å². The van der Waals surface area contributed by atoms with Crippen molar-refractivity contribution >= 4 is 17.3 Å². The first kappa shape index (κ1) is 18.3. The van der Waals surface area contributed by atoms with E-state index in [9.17, 15) is 4.79 Å². The first-order chi connectivity index (χ1) is 12.5. The van der Waals surface area contributed by atoms with Gasteiger partial charge in [-0.25, -0.2) is 4.79 Å². The van der Waals surface area contributed by atoms with E-state index in [1.165, 1.54) is 11.1 Å². The summed E-state index contributed by atoms with van der Waals surface area (Å²) in [5.74, 6) is -0.271. The number of esters is 1. The molecule has 0 aliphatic carbocycles. The highest BCUT2D eigenvalue weighted by molar-refractivity contribution is 5.89. The maximum Gasteiger partial charge on any atom is 0.338 e. The van der Waals surface area contributed by atoms with Gasteiger partial charge in [0.2, 0.25) is 0 Å². The number of ether oxygens (including phenoxy) is 1. The second kappa shape index (κ2) is 8.23. The molecule has 1 heterocycles. The van der Waals surface area contributed by atoms with E-state index in [0.29, 0.717) is 12.2 Å². The second-order valence-corrected chi connectivity index (χ2v) is 6.97. The van der Waals surface area contributed by atoms with Gasteiger partial charge in [0.15, 0.2) is 0 Å². The predicted molar refractivity (Wildman–Crippen MR) is 105 cm³/mol. The molecule has 2 aromatic carbocycles. The number of carbonyl (C=O) groups excluding carboxylic acids is 1. The van der Waals surface area contributed by atoms with Gasteiger partial charge in [0.25, 0.3) is 0 Å². The zero-order chi connectivity index (χ0) is 18.5. The first-order valence-corrected chi connectivity index (χ1v) is 9.18. The van der Waals surface area contributed by atoms with Gasteiger partial charge in [-0.05, 0) is 55.5 Å². The van der Waals surface area contributed by atoms with Crippen LogP contribution in [0.25, 0.3) is 0 Å². The first-order valence-electron chi connectivity index (χ1n) is 9.18. The lowest BCUT2D eigenvalue weighted by molar-refractivity contribution is 0.0502. The van der Waals surface area contributed by atoms with E-state index in [1.54, 1.807) is 12.1 Å². The van der Waals surface area contributed by atoms with Crippen LogP contribution in [0.15, 0.2) is 42.5 Å². The van der Waals surface area contributed by atoms with Crippen LogP contribution in [-0.4, -0.2) is 31.7 Å². The molecule has 0 saturated carbocycles. The number of fused-ring (bicyclic) bond motifs is 1. The molecule has 2 aromatic rings. The normalized spacial score (nSPS) is 14.2. The molecule has 1 atom stereocenters. The molecule has 0 fully saturated rings. The molecule has 26 heavy (non-hydrogen) atoms. The van der Waals surface area contributed by atoms with Gasteiger partial charge in [-0.1, -0.05) is 24.3 Å². The van der Waals surface area contributed by atoms with Crippen LogP contribution in [0.4, 0.5) is 11.4 Å². The van der Waals surface area contributed by atoms with Crippen molar-refractivity contribution in [2.75, 3.05) is 30.3 Å². The molecular weight excluding hydrogens is 326 g/mol. The zero-order valence-corrected chi connectivity index (χ0v) is 15.3. The lowest BCUT2D eigenvalue weighted by Crippen LogP contribution is -2.24. The van der Waals surface area contributed by atoms with Crippen LogP contribution in [-0.2, 0) is 17.6 Å². The fraction of sp³-hybridized carbons (Fsp3) is 0.381. The van der Waals surface area contributed by atoms with E-state index < -0.39 is 0 Å². The van der Waals surface area contributed by atoms with Gasteiger partial charge in [0, 0.05) is 19.1 Å². The van der Waals surface area contributed by atoms with Crippen LogP contribution in [0.5, 0.6) is 0 Å². The number of benzene rings is 2. The minimum atomic E-state index is -0.271. The van der Waals surface area contributed by atoms with Crippen molar-refractivity contribution in [3.63, 3.8) is 0 Å². The van der Waals surface area contributed by atoms with Crippen molar-refractivity contribution in [1.82, 2.24) is 0 Å². The van der Waals surface area contributed by atoms with Crippen molar-refractivity contribution in [3.05, 3.63) is 59.2 Å². The van der Waals surface area contributed by atoms with E-state index in [0.717, 1.165) is 43.7 Å². The summed E-state index contributed by atoms with van der Waals surface area (Å²) in [6.45, 7) is 4.19. The molecule has 5 heteroatoms. The Morgan fingerprint density at radius 3 is 2.77 bits per heavy atom. The Morgan fingerprint density at radius 2 is 2.04 bits per heavy atom. The smallest absolute Gasteiger partial charge is 0.338 e. The van der Waals surface area contributed by atoms with Crippen LogP contribution in [0, 0.1) is 0 Å². The van der Waals surface area contributed by atoms with Gasteiger partial charge in [-0.3, -0.25) is 0 Å². The number of nitrogens with zero attached hydrogens (tertiary/aromatic N) is 1. The third kappa shape index (κ3) is 4.35. The Bertz CT molecular complexity index is 759. The van der Waals surface area contributed by atoms with Gasteiger partial charge in [0.05, 0.1) is 23.5 Å². The highest BCUT2D eigenvalue weighted by Gasteiger charge is 2.22. The van der Waals surface area contributed by atoms with Gasteiger partial charge >= 0.3 is 5.97 Å². The molecule has 1 aliphatic rings. The molecule has 5 nitrogen and oxygen atoms in total. The zero-order valence-electron chi connectivity index (χ0n) is 15.3.